The number of carbonyl (C=O) groups is 1. The molecule has 1 amide bonds. The van der Waals surface area contributed by atoms with E-state index in [1.165, 1.54) is 11.0 Å². The van der Waals surface area contributed by atoms with Crippen LogP contribution in [0.25, 0.3) is 11.1 Å². The number of nitrogens with zero attached hydrogens (tertiary/aromatic N) is 4. The van der Waals surface area contributed by atoms with E-state index in [1.54, 1.807) is 13.0 Å². The van der Waals surface area contributed by atoms with Crippen LogP contribution in [0, 0.1) is 6.92 Å². The summed E-state index contributed by atoms with van der Waals surface area (Å²) in [5, 5.41) is 4.44. The monoisotopic (exact) mass is 494 g/mol. The zero-order valence-electron chi connectivity index (χ0n) is 18.2. The molecule has 12 heteroatoms. The number of sulfonamides is 1. The van der Waals surface area contributed by atoms with Crippen LogP contribution in [0.2, 0.25) is 0 Å². The quantitative estimate of drug-likeness (QED) is 0.550. The van der Waals surface area contributed by atoms with Gasteiger partial charge in [0.2, 0.25) is 10.0 Å². The molecule has 180 valence electrons. The van der Waals surface area contributed by atoms with Gasteiger partial charge in [-0.1, -0.05) is 17.3 Å². The fraction of sp³-hybridized carbons (Fsp3) is 0.409. The number of aromatic nitrogens is 2. The number of benzene rings is 1. The van der Waals surface area contributed by atoms with Gasteiger partial charge in [-0.15, -0.1) is 0 Å². The maximum absolute atomic E-state index is 13.4. The number of hydrogen-bond donors (Lipinski definition) is 0. The number of fused-ring (bicyclic) bond motifs is 1. The van der Waals surface area contributed by atoms with Crippen LogP contribution < -0.4 is 0 Å². The molecule has 8 nitrogen and oxygen atoms in total. The molecule has 2 fully saturated rings. The summed E-state index contributed by atoms with van der Waals surface area (Å²) in [6.07, 6.45) is -2.84. The molecule has 1 saturated carbocycles. The van der Waals surface area contributed by atoms with Crippen LogP contribution in [0.3, 0.4) is 0 Å². The molecule has 0 N–H and O–H groups in total. The van der Waals surface area contributed by atoms with Gasteiger partial charge in [-0.05, 0) is 38.0 Å². The maximum Gasteiger partial charge on any atom is 0.417 e. The van der Waals surface area contributed by atoms with Crippen LogP contribution >= 0.6 is 0 Å². The van der Waals surface area contributed by atoms with Crippen molar-refractivity contribution in [2.24, 2.45) is 0 Å². The van der Waals surface area contributed by atoms with E-state index < -0.39 is 26.7 Å². The Morgan fingerprint density at radius 3 is 2.44 bits per heavy atom. The van der Waals surface area contributed by atoms with Gasteiger partial charge in [0.05, 0.1) is 27.1 Å². The third kappa shape index (κ3) is 3.94. The molecular formula is C22H21F3N4O4S. The Morgan fingerprint density at radius 2 is 1.79 bits per heavy atom. The minimum atomic E-state index is -4.80. The van der Waals surface area contributed by atoms with Gasteiger partial charge in [-0.2, -0.15) is 17.5 Å². The van der Waals surface area contributed by atoms with Gasteiger partial charge in [-0.25, -0.2) is 13.4 Å². The number of rotatable bonds is 4. The fourth-order valence-electron chi connectivity index (χ4n) is 4.24. The van der Waals surface area contributed by atoms with E-state index in [9.17, 15) is 26.4 Å². The number of amides is 1. The predicted molar refractivity (Wildman–Crippen MR) is 115 cm³/mol. The molecule has 1 aliphatic carbocycles. The number of pyridine rings is 1. The zero-order chi connectivity index (χ0) is 24.3. The van der Waals surface area contributed by atoms with E-state index >= 15 is 0 Å². The van der Waals surface area contributed by atoms with Crippen LogP contribution in [0.15, 0.2) is 39.8 Å². The third-order valence-corrected chi connectivity index (χ3v) is 8.16. The standard InChI is InChI=1S/C22H21F3N4O4S/c1-13-19-15(12-17(14-6-7-14)26-20(19)33-27-13)21(30)28-8-10-29(11-9-28)34(31,32)18-5-3-2-4-16(18)22(23,24)25/h2-5,12,14H,6-11H2,1H3. The Morgan fingerprint density at radius 1 is 1.12 bits per heavy atom. The van der Waals surface area contributed by atoms with Gasteiger partial charge in [0.15, 0.2) is 0 Å². The van der Waals surface area contributed by atoms with E-state index in [4.69, 9.17) is 4.52 Å². The minimum Gasteiger partial charge on any atom is -0.336 e. The number of halogens is 3. The summed E-state index contributed by atoms with van der Waals surface area (Å²) < 4.78 is 72.4. The molecule has 1 aliphatic heterocycles. The fourth-order valence-corrected chi connectivity index (χ4v) is 5.87. The predicted octanol–water partition coefficient (Wildman–Crippen LogP) is 3.57. The Balaban J connectivity index is 1.39. The Bertz CT molecular complexity index is 1370. The van der Waals surface area contributed by atoms with Crippen LogP contribution in [0.1, 0.15) is 46.1 Å². The van der Waals surface area contributed by atoms with Gasteiger partial charge in [-0.3, -0.25) is 4.79 Å². The van der Waals surface area contributed by atoms with Gasteiger partial charge in [0.25, 0.3) is 11.6 Å². The average molecular weight is 494 g/mol. The maximum atomic E-state index is 13.4. The van der Waals surface area contributed by atoms with E-state index in [-0.39, 0.29) is 43.7 Å². The van der Waals surface area contributed by atoms with Gasteiger partial charge < -0.3 is 9.42 Å². The first-order valence-corrected chi connectivity index (χ1v) is 12.2. The van der Waals surface area contributed by atoms with Gasteiger partial charge in [0, 0.05) is 37.8 Å². The molecule has 1 aromatic carbocycles. The highest BCUT2D eigenvalue weighted by molar-refractivity contribution is 7.89. The highest BCUT2D eigenvalue weighted by atomic mass is 32.2. The highest BCUT2D eigenvalue weighted by Gasteiger charge is 2.40. The van der Waals surface area contributed by atoms with Crippen LogP contribution in [0.4, 0.5) is 13.2 Å². The molecule has 0 spiro atoms. The second kappa shape index (κ2) is 8.05. The topological polar surface area (TPSA) is 96.6 Å². The van der Waals surface area contributed by atoms with Crippen molar-refractivity contribution in [1.82, 2.24) is 19.3 Å². The molecular weight excluding hydrogens is 473 g/mol. The van der Waals surface area contributed by atoms with Gasteiger partial charge in [0.1, 0.15) is 0 Å². The van der Waals surface area contributed by atoms with Crippen LogP contribution in [-0.4, -0.2) is 59.8 Å². The van der Waals surface area contributed by atoms with Crippen molar-refractivity contribution in [2.45, 2.75) is 36.8 Å². The van der Waals surface area contributed by atoms with E-state index in [2.05, 4.69) is 10.1 Å². The SMILES string of the molecule is Cc1noc2nc(C3CC3)cc(C(=O)N3CCN(S(=O)(=O)c4ccccc4C(F)(F)F)CC3)c12. The number of carbonyl (C=O) groups excluding carboxylic acids is 1. The van der Waals surface area contributed by atoms with Crippen molar-refractivity contribution >= 4 is 27.0 Å². The third-order valence-electron chi connectivity index (χ3n) is 6.20. The molecule has 0 unspecified atom stereocenters. The number of aryl methyl sites for hydroxylation is 1. The lowest BCUT2D eigenvalue weighted by atomic mass is 10.1. The molecule has 3 heterocycles. The normalized spacial score (nSPS) is 17.9. The lowest BCUT2D eigenvalue weighted by molar-refractivity contribution is -0.139. The largest absolute Gasteiger partial charge is 0.417 e. The summed E-state index contributed by atoms with van der Waals surface area (Å²) in [5.41, 5.74) is 0.762. The lowest BCUT2D eigenvalue weighted by Crippen LogP contribution is -2.50. The van der Waals surface area contributed by atoms with E-state index in [1.807, 2.05) is 0 Å². The Labute approximate surface area is 193 Å². The summed E-state index contributed by atoms with van der Waals surface area (Å²) in [5.74, 6) is -0.0367. The number of piperazine rings is 1. The van der Waals surface area contributed by atoms with Crippen molar-refractivity contribution in [1.29, 1.82) is 0 Å². The summed E-state index contributed by atoms with van der Waals surface area (Å²) in [6.45, 7) is 1.56. The molecule has 0 atom stereocenters. The van der Waals surface area contributed by atoms with Crippen molar-refractivity contribution in [2.75, 3.05) is 26.2 Å². The van der Waals surface area contributed by atoms with Crippen molar-refractivity contribution in [3.05, 3.63) is 52.8 Å². The highest BCUT2D eigenvalue weighted by Crippen LogP contribution is 2.41. The van der Waals surface area contributed by atoms with Crippen molar-refractivity contribution in [3.8, 4) is 0 Å². The molecule has 34 heavy (non-hydrogen) atoms. The zero-order valence-corrected chi connectivity index (χ0v) is 19.0. The smallest absolute Gasteiger partial charge is 0.336 e. The average Bonchev–Trinajstić information content (AvgIpc) is 3.60. The first-order valence-electron chi connectivity index (χ1n) is 10.8. The number of alkyl halides is 3. The summed E-state index contributed by atoms with van der Waals surface area (Å²) >= 11 is 0. The second-order valence-corrected chi connectivity index (χ2v) is 10.4. The molecule has 1 saturated heterocycles. The van der Waals surface area contributed by atoms with Crippen LogP contribution in [-0.2, 0) is 16.2 Å². The summed E-state index contributed by atoms with van der Waals surface area (Å²) in [7, 11) is -4.39. The van der Waals surface area contributed by atoms with E-state index in [0.717, 1.165) is 41.0 Å². The molecule has 0 radical (unpaired) electrons. The summed E-state index contributed by atoms with van der Waals surface area (Å²) in [4.78, 5) is 18.6. The minimum absolute atomic E-state index is 0.0408. The Kier molecular flexibility index (Phi) is 5.40. The lowest BCUT2D eigenvalue weighted by Gasteiger charge is -2.34. The molecule has 3 aromatic rings. The summed E-state index contributed by atoms with van der Waals surface area (Å²) in [6, 6.07) is 5.86. The van der Waals surface area contributed by atoms with Crippen molar-refractivity contribution < 1.29 is 30.9 Å². The molecule has 2 aliphatic rings. The van der Waals surface area contributed by atoms with E-state index in [0.29, 0.717) is 16.6 Å². The second-order valence-electron chi connectivity index (χ2n) is 8.51. The molecule has 5 rings (SSSR count). The van der Waals surface area contributed by atoms with Crippen molar-refractivity contribution in [3.63, 3.8) is 0 Å². The Hall–Kier alpha value is -2.99. The van der Waals surface area contributed by atoms with Crippen LogP contribution in [0.5, 0.6) is 0 Å². The number of hydrogen-bond acceptors (Lipinski definition) is 6. The first-order chi connectivity index (χ1) is 16.1. The first kappa shape index (κ1) is 22.8. The van der Waals surface area contributed by atoms with Gasteiger partial charge >= 0.3 is 6.18 Å². The molecule has 2 aromatic heterocycles. The molecule has 0 bridgehead atoms.